The van der Waals surface area contributed by atoms with Crippen molar-refractivity contribution in [2.45, 2.75) is 12.6 Å². The molecule has 5 nitrogen and oxygen atoms in total. The lowest BCUT2D eigenvalue weighted by Crippen LogP contribution is -2.15. The second kappa shape index (κ2) is 4.59. The van der Waals surface area contributed by atoms with Gasteiger partial charge in [-0.3, -0.25) is 5.43 Å². The van der Waals surface area contributed by atoms with E-state index in [-0.39, 0.29) is 0 Å². The van der Waals surface area contributed by atoms with Crippen molar-refractivity contribution in [1.82, 2.24) is 5.43 Å². The fourth-order valence-corrected chi connectivity index (χ4v) is 1.28. The number of nitrogens with zero attached hydrogens (tertiary/aromatic N) is 3. The van der Waals surface area contributed by atoms with Crippen LogP contribution in [0.5, 0.6) is 0 Å². The number of hydrogen-bond donors (Lipinski definition) is 2. The van der Waals surface area contributed by atoms with Gasteiger partial charge in [-0.15, -0.1) is 5.11 Å². The maximum Gasteiger partial charge on any atom is 0.199 e. The molecule has 0 fully saturated rings. The van der Waals surface area contributed by atoms with Gasteiger partial charge in [-0.1, -0.05) is 0 Å². The number of nitrogen functional groups attached to an aromatic ring is 1. The Labute approximate surface area is 98.4 Å². The normalized spacial score (nSPS) is 18.6. The standard InChI is InChI=1S/C9H7F4N5/c10-4-5(11)7(13)9(8(14)6(4)12)18-17-3-1-2-15-16-3/h2-3,16H,1,14H2. The minimum Gasteiger partial charge on any atom is -0.394 e. The highest BCUT2D eigenvalue weighted by Crippen LogP contribution is 2.33. The summed E-state index contributed by atoms with van der Waals surface area (Å²) in [5, 5.41) is 10.4. The zero-order valence-corrected chi connectivity index (χ0v) is 8.79. The predicted octanol–water partition coefficient (Wildman–Crippen LogP) is 2.21. The summed E-state index contributed by atoms with van der Waals surface area (Å²) in [6, 6.07) is 0. The molecule has 1 unspecified atom stereocenters. The summed E-state index contributed by atoms with van der Waals surface area (Å²) >= 11 is 0. The summed E-state index contributed by atoms with van der Waals surface area (Å²) in [7, 11) is 0. The molecule has 1 aliphatic rings. The smallest absolute Gasteiger partial charge is 0.199 e. The van der Waals surface area contributed by atoms with E-state index in [2.05, 4.69) is 20.8 Å². The lowest BCUT2D eigenvalue weighted by Gasteiger charge is -2.06. The molecule has 0 saturated carbocycles. The Morgan fingerprint density at radius 1 is 1.17 bits per heavy atom. The maximum atomic E-state index is 13.3. The number of hydrogen-bond acceptors (Lipinski definition) is 5. The number of nitrogens with two attached hydrogens (primary N) is 1. The summed E-state index contributed by atoms with van der Waals surface area (Å²) in [4.78, 5) is 0. The van der Waals surface area contributed by atoms with Crippen LogP contribution in [0.4, 0.5) is 28.9 Å². The van der Waals surface area contributed by atoms with Crippen molar-refractivity contribution in [3.63, 3.8) is 0 Å². The third-order valence-corrected chi connectivity index (χ3v) is 2.22. The Morgan fingerprint density at radius 2 is 1.83 bits per heavy atom. The average Bonchev–Trinajstić information content (AvgIpc) is 2.87. The molecule has 1 heterocycles. The summed E-state index contributed by atoms with van der Waals surface area (Å²) in [6.45, 7) is 0. The molecular weight excluding hydrogens is 254 g/mol. The van der Waals surface area contributed by atoms with Crippen LogP contribution in [0.15, 0.2) is 15.3 Å². The Bertz CT molecular complexity index is 505. The van der Waals surface area contributed by atoms with Gasteiger partial charge in [0, 0.05) is 12.6 Å². The van der Waals surface area contributed by atoms with E-state index in [4.69, 9.17) is 5.73 Å². The number of halogens is 4. The van der Waals surface area contributed by atoms with Gasteiger partial charge >= 0.3 is 0 Å². The number of benzene rings is 1. The first-order valence-corrected chi connectivity index (χ1v) is 4.81. The molecule has 3 N–H and O–H groups in total. The molecule has 0 radical (unpaired) electrons. The molecule has 96 valence electrons. The molecule has 0 aliphatic carbocycles. The lowest BCUT2D eigenvalue weighted by molar-refractivity contribution is 0.412. The van der Waals surface area contributed by atoms with Gasteiger partial charge in [0.15, 0.2) is 35.1 Å². The van der Waals surface area contributed by atoms with Crippen molar-refractivity contribution in [1.29, 1.82) is 0 Å². The van der Waals surface area contributed by atoms with E-state index in [1.54, 1.807) is 0 Å². The zero-order chi connectivity index (χ0) is 13.3. The molecule has 0 spiro atoms. The summed E-state index contributed by atoms with van der Waals surface area (Å²) < 4.78 is 52.1. The highest BCUT2D eigenvalue weighted by molar-refractivity contribution is 5.64. The van der Waals surface area contributed by atoms with E-state index in [0.717, 1.165) is 0 Å². The fraction of sp³-hybridized carbons (Fsp3) is 0.222. The first-order chi connectivity index (χ1) is 8.52. The van der Waals surface area contributed by atoms with Gasteiger partial charge in [-0.25, -0.2) is 17.6 Å². The molecule has 9 heteroatoms. The van der Waals surface area contributed by atoms with E-state index in [0.29, 0.717) is 6.42 Å². The molecule has 0 saturated heterocycles. The SMILES string of the molecule is Nc1c(F)c(F)c(F)c(F)c1N=NC1CC=NN1. The van der Waals surface area contributed by atoms with E-state index < -0.39 is 40.8 Å². The maximum absolute atomic E-state index is 13.3. The van der Waals surface area contributed by atoms with Crippen LogP contribution >= 0.6 is 0 Å². The Morgan fingerprint density at radius 3 is 2.44 bits per heavy atom. The molecule has 0 aromatic heterocycles. The molecule has 1 aromatic rings. The third-order valence-electron chi connectivity index (χ3n) is 2.22. The van der Waals surface area contributed by atoms with Crippen LogP contribution in [0, 0.1) is 23.3 Å². The van der Waals surface area contributed by atoms with Crippen molar-refractivity contribution >= 4 is 17.6 Å². The number of rotatable bonds is 2. The van der Waals surface area contributed by atoms with Crippen LogP contribution in [0.2, 0.25) is 0 Å². The summed E-state index contributed by atoms with van der Waals surface area (Å²) in [5.74, 6) is -7.34. The molecular formula is C9H7F4N5. The summed E-state index contributed by atoms with van der Waals surface area (Å²) in [5.41, 5.74) is 5.79. The van der Waals surface area contributed by atoms with Crippen molar-refractivity contribution in [3.8, 4) is 0 Å². The number of anilines is 1. The molecule has 0 amide bonds. The number of hydrazone groups is 1. The molecule has 1 aromatic carbocycles. The van der Waals surface area contributed by atoms with Crippen molar-refractivity contribution < 1.29 is 17.6 Å². The number of nitrogens with one attached hydrogen (secondary N) is 1. The van der Waals surface area contributed by atoms with Gasteiger partial charge < -0.3 is 5.73 Å². The highest BCUT2D eigenvalue weighted by atomic mass is 19.2. The lowest BCUT2D eigenvalue weighted by atomic mass is 10.2. The fourth-order valence-electron chi connectivity index (χ4n) is 1.28. The minimum absolute atomic E-state index is 0.386. The quantitative estimate of drug-likeness (QED) is 0.281. The third kappa shape index (κ3) is 1.98. The molecule has 18 heavy (non-hydrogen) atoms. The molecule has 2 rings (SSSR count). The second-order valence-corrected chi connectivity index (χ2v) is 3.43. The van der Waals surface area contributed by atoms with Gasteiger partial charge in [0.05, 0.1) is 0 Å². The minimum atomic E-state index is -1.98. The molecule has 1 aliphatic heterocycles. The first-order valence-electron chi connectivity index (χ1n) is 4.81. The van der Waals surface area contributed by atoms with Gasteiger partial charge in [0.2, 0.25) is 0 Å². The molecule has 0 bridgehead atoms. The highest BCUT2D eigenvalue weighted by Gasteiger charge is 2.24. The van der Waals surface area contributed by atoms with Crippen molar-refractivity contribution in [3.05, 3.63) is 23.3 Å². The van der Waals surface area contributed by atoms with Gasteiger partial charge in [0.25, 0.3) is 0 Å². The van der Waals surface area contributed by atoms with Crippen LogP contribution in [0.1, 0.15) is 6.42 Å². The largest absolute Gasteiger partial charge is 0.394 e. The van der Waals surface area contributed by atoms with Crippen LogP contribution in [0.25, 0.3) is 0 Å². The van der Waals surface area contributed by atoms with E-state index in [1.165, 1.54) is 6.21 Å². The second-order valence-electron chi connectivity index (χ2n) is 3.43. The van der Waals surface area contributed by atoms with Crippen LogP contribution in [-0.2, 0) is 0 Å². The Balaban J connectivity index is 2.38. The predicted molar refractivity (Wildman–Crippen MR) is 55.2 cm³/mol. The van der Waals surface area contributed by atoms with Crippen molar-refractivity contribution in [2.24, 2.45) is 15.3 Å². The van der Waals surface area contributed by atoms with E-state index in [9.17, 15) is 17.6 Å². The van der Waals surface area contributed by atoms with Crippen LogP contribution < -0.4 is 11.2 Å². The Kier molecular flexibility index (Phi) is 3.13. The molecule has 1 atom stereocenters. The van der Waals surface area contributed by atoms with Gasteiger partial charge in [-0.2, -0.15) is 10.2 Å². The monoisotopic (exact) mass is 261 g/mol. The summed E-state index contributed by atoms with van der Waals surface area (Å²) in [6.07, 6.45) is 1.31. The van der Waals surface area contributed by atoms with Crippen LogP contribution in [-0.4, -0.2) is 12.4 Å². The topological polar surface area (TPSA) is 75.1 Å². The number of azo groups is 1. The zero-order valence-electron chi connectivity index (χ0n) is 8.79. The average molecular weight is 261 g/mol. The first kappa shape index (κ1) is 12.3. The van der Waals surface area contributed by atoms with Gasteiger partial charge in [0.1, 0.15) is 5.69 Å². The van der Waals surface area contributed by atoms with E-state index >= 15 is 0 Å². The Hall–Kier alpha value is -2.19. The van der Waals surface area contributed by atoms with Gasteiger partial charge in [-0.05, 0) is 0 Å². The van der Waals surface area contributed by atoms with E-state index in [1.807, 2.05) is 0 Å². The van der Waals surface area contributed by atoms with Crippen LogP contribution in [0.3, 0.4) is 0 Å². The van der Waals surface area contributed by atoms with Crippen molar-refractivity contribution in [2.75, 3.05) is 5.73 Å².